The minimum Gasteiger partial charge on any atom is -0.453 e. The van der Waals surface area contributed by atoms with Gasteiger partial charge in [-0.15, -0.1) is 0 Å². The molecule has 2 heterocycles. The van der Waals surface area contributed by atoms with E-state index in [2.05, 4.69) is 20.6 Å². The van der Waals surface area contributed by atoms with Crippen molar-refractivity contribution in [3.05, 3.63) is 78.4 Å². The molecule has 5 N–H and O–H groups in total. The number of anilines is 2. The first-order valence-electron chi connectivity index (χ1n) is 9.79. The highest BCUT2D eigenvalue weighted by atomic mass is 19.1. The summed E-state index contributed by atoms with van der Waals surface area (Å²) in [5.74, 6) is -2.35. The van der Waals surface area contributed by atoms with Crippen LogP contribution < -0.4 is 21.1 Å². The van der Waals surface area contributed by atoms with Gasteiger partial charge in [0.05, 0.1) is 16.6 Å². The summed E-state index contributed by atoms with van der Waals surface area (Å²) in [5.41, 5.74) is 6.34. The molecule has 33 heavy (non-hydrogen) atoms. The number of carbonyl (C=O) groups excluding carboxylic acids is 3. The lowest BCUT2D eigenvalue weighted by molar-refractivity contribution is -0.123. The third-order valence-electron chi connectivity index (χ3n) is 4.64. The van der Waals surface area contributed by atoms with Crippen LogP contribution in [-0.2, 0) is 9.59 Å². The standard InChI is InChI=1S/C23H18FN5O4/c24-16-11-13(5-6-19(16)33-18-8-10-27-23-15(18)7-9-26-23)28-20(30)12-21(31)29-17-4-2-1-3-14(17)22(25)32/h1-11H,12H2,(H2,25,32)(H,26,27)(H,28,30)(H,29,31). The van der Waals surface area contributed by atoms with Crippen LogP contribution in [0.3, 0.4) is 0 Å². The van der Waals surface area contributed by atoms with Crippen molar-refractivity contribution >= 4 is 40.1 Å². The van der Waals surface area contributed by atoms with Crippen LogP contribution in [0.15, 0.2) is 67.0 Å². The van der Waals surface area contributed by atoms with E-state index in [9.17, 15) is 18.8 Å². The minimum absolute atomic E-state index is 0.0394. The Hall–Kier alpha value is -4.73. The zero-order valence-corrected chi connectivity index (χ0v) is 17.1. The van der Waals surface area contributed by atoms with Crippen LogP contribution in [0.4, 0.5) is 15.8 Å². The van der Waals surface area contributed by atoms with Crippen LogP contribution in [0.2, 0.25) is 0 Å². The summed E-state index contributed by atoms with van der Waals surface area (Å²) in [4.78, 5) is 42.9. The van der Waals surface area contributed by atoms with Gasteiger partial charge >= 0.3 is 0 Å². The Morgan fingerprint density at radius 2 is 1.79 bits per heavy atom. The molecule has 0 aliphatic heterocycles. The van der Waals surface area contributed by atoms with Crippen molar-refractivity contribution in [1.29, 1.82) is 0 Å². The van der Waals surface area contributed by atoms with E-state index in [1.807, 2.05) is 0 Å². The summed E-state index contributed by atoms with van der Waals surface area (Å²) in [6.07, 6.45) is 2.69. The highest BCUT2D eigenvalue weighted by molar-refractivity contribution is 6.10. The van der Waals surface area contributed by atoms with Gasteiger partial charge in [-0.3, -0.25) is 14.4 Å². The Balaban J connectivity index is 1.39. The number of aromatic nitrogens is 2. The fourth-order valence-corrected chi connectivity index (χ4v) is 3.16. The van der Waals surface area contributed by atoms with Gasteiger partial charge in [-0.05, 0) is 36.4 Å². The van der Waals surface area contributed by atoms with Gasteiger partial charge in [0.1, 0.15) is 17.8 Å². The summed E-state index contributed by atoms with van der Waals surface area (Å²) in [6.45, 7) is 0. The van der Waals surface area contributed by atoms with Crippen LogP contribution >= 0.6 is 0 Å². The number of aromatic amines is 1. The van der Waals surface area contributed by atoms with E-state index in [1.54, 1.807) is 30.5 Å². The third kappa shape index (κ3) is 4.96. The van der Waals surface area contributed by atoms with Crippen molar-refractivity contribution in [2.45, 2.75) is 6.42 Å². The fourth-order valence-electron chi connectivity index (χ4n) is 3.16. The smallest absolute Gasteiger partial charge is 0.250 e. The van der Waals surface area contributed by atoms with Crippen LogP contribution in [0, 0.1) is 5.82 Å². The molecule has 0 unspecified atom stereocenters. The molecule has 0 saturated heterocycles. The molecule has 2 aromatic heterocycles. The number of benzene rings is 2. The fraction of sp³-hybridized carbons (Fsp3) is 0.0435. The molecular weight excluding hydrogens is 429 g/mol. The van der Waals surface area contributed by atoms with Gasteiger partial charge in [0.15, 0.2) is 11.6 Å². The number of fused-ring (bicyclic) bond motifs is 1. The van der Waals surface area contributed by atoms with E-state index >= 15 is 0 Å². The SMILES string of the molecule is NC(=O)c1ccccc1NC(=O)CC(=O)Nc1ccc(Oc2ccnc3[nH]ccc23)c(F)c1. The number of rotatable bonds is 7. The second-order valence-corrected chi connectivity index (χ2v) is 6.98. The Morgan fingerprint density at radius 3 is 2.58 bits per heavy atom. The predicted molar refractivity (Wildman–Crippen MR) is 119 cm³/mol. The maximum atomic E-state index is 14.6. The molecule has 4 aromatic rings. The lowest BCUT2D eigenvalue weighted by atomic mass is 10.1. The van der Waals surface area contributed by atoms with E-state index in [0.717, 1.165) is 6.07 Å². The van der Waals surface area contributed by atoms with Crippen LogP contribution in [0.25, 0.3) is 11.0 Å². The van der Waals surface area contributed by atoms with Gasteiger partial charge in [-0.25, -0.2) is 9.37 Å². The first-order valence-corrected chi connectivity index (χ1v) is 9.79. The molecule has 0 spiro atoms. The number of nitrogens with two attached hydrogens (primary N) is 1. The third-order valence-corrected chi connectivity index (χ3v) is 4.64. The van der Waals surface area contributed by atoms with Crippen molar-refractivity contribution in [3.63, 3.8) is 0 Å². The molecule has 0 radical (unpaired) electrons. The quantitative estimate of drug-likeness (QED) is 0.321. The number of nitrogens with one attached hydrogen (secondary N) is 3. The molecule has 0 saturated carbocycles. The van der Waals surface area contributed by atoms with Crippen LogP contribution in [0.1, 0.15) is 16.8 Å². The highest BCUT2D eigenvalue weighted by Gasteiger charge is 2.15. The van der Waals surface area contributed by atoms with Crippen LogP contribution in [0.5, 0.6) is 11.5 Å². The van der Waals surface area contributed by atoms with Gasteiger partial charge < -0.3 is 26.1 Å². The van der Waals surface area contributed by atoms with E-state index in [1.165, 1.54) is 30.5 Å². The number of ether oxygens (including phenoxy) is 1. The summed E-state index contributed by atoms with van der Waals surface area (Å²) in [5, 5.41) is 5.61. The second kappa shape index (κ2) is 9.18. The number of H-pyrrole nitrogens is 1. The predicted octanol–water partition coefficient (Wildman–Crippen LogP) is 3.56. The van der Waals surface area contributed by atoms with E-state index in [4.69, 9.17) is 10.5 Å². The largest absolute Gasteiger partial charge is 0.453 e. The number of primary amides is 1. The average Bonchev–Trinajstić information content (AvgIpc) is 3.25. The second-order valence-electron chi connectivity index (χ2n) is 6.98. The zero-order chi connectivity index (χ0) is 23.4. The maximum Gasteiger partial charge on any atom is 0.250 e. The van der Waals surface area contributed by atoms with Gasteiger partial charge in [0.25, 0.3) is 5.91 Å². The highest BCUT2D eigenvalue weighted by Crippen LogP contribution is 2.31. The van der Waals surface area contributed by atoms with Crippen molar-refractivity contribution in [2.75, 3.05) is 10.6 Å². The minimum atomic E-state index is -0.711. The summed E-state index contributed by atoms with van der Waals surface area (Å²) in [6, 6.07) is 13.4. The molecule has 0 aliphatic rings. The lowest BCUT2D eigenvalue weighted by Gasteiger charge is -2.11. The first kappa shape index (κ1) is 21.5. The number of pyridine rings is 1. The molecule has 10 heteroatoms. The zero-order valence-electron chi connectivity index (χ0n) is 17.1. The van der Waals surface area contributed by atoms with Gasteiger partial charge in [0, 0.05) is 24.1 Å². The molecule has 166 valence electrons. The maximum absolute atomic E-state index is 14.6. The summed E-state index contributed by atoms with van der Waals surface area (Å²) in [7, 11) is 0. The number of nitrogens with zero attached hydrogens (tertiary/aromatic N) is 1. The number of carbonyl (C=O) groups is 3. The van der Waals surface area contributed by atoms with E-state index in [0.29, 0.717) is 16.8 Å². The van der Waals surface area contributed by atoms with Crippen LogP contribution in [-0.4, -0.2) is 27.7 Å². The molecule has 2 aromatic carbocycles. The number of hydrogen-bond acceptors (Lipinski definition) is 5. The van der Waals surface area contributed by atoms with Gasteiger partial charge in [0.2, 0.25) is 11.8 Å². The molecular formula is C23H18FN5O4. The lowest BCUT2D eigenvalue weighted by Crippen LogP contribution is -2.23. The Morgan fingerprint density at radius 1 is 1.00 bits per heavy atom. The number of para-hydroxylation sites is 1. The Labute approximate surface area is 186 Å². The van der Waals surface area contributed by atoms with Gasteiger partial charge in [-0.1, -0.05) is 12.1 Å². The van der Waals surface area contributed by atoms with Crippen molar-refractivity contribution in [1.82, 2.24) is 9.97 Å². The molecule has 4 rings (SSSR count). The molecule has 0 fully saturated rings. The van der Waals surface area contributed by atoms with E-state index < -0.39 is 30.0 Å². The van der Waals surface area contributed by atoms with Crippen molar-refractivity contribution < 1.29 is 23.5 Å². The Bertz CT molecular complexity index is 1370. The number of amides is 3. The number of hydrogen-bond donors (Lipinski definition) is 4. The van der Waals surface area contributed by atoms with E-state index in [-0.39, 0.29) is 22.7 Å². The average molecular weight is 447 g/mol. The normalized spacial score (nSPS) is 10.6. The monoisotopic (exact) mass is 447 g/mol. The van der Waals surface area contributed by atoms with Gasteiger partial charge in [-0.2, -0.15) is 0 Å². The molecule has 0 atom stereocenters. The Kier molecular flexibility index (Phi) is 5.98. The van der Waals surface area contributed by atoms with Crippen molar-refractivity contribution in [2.24, 2.45) is 5.73 Å². The number of halogens is 1. The topological polar surface area (TPSA) is 139 Å². The molecule has 9 nitrogen and oxygen atoms in total. The summed E-state index contributed by atoms with van der Waals surface area (Å²) < 4.78 is 20.2. The van der Waals surface area contributed by atoms with Crippen molar-refractivity contribution in [3.8, 4) is 11.5 Å². The molecule has 0 aliphatic carbocycles. The molecule has 3 amide bonds. The summed E-state index contributed by atoms with van der Waals surface area (Å²) >= 11 is 0. The molecule has 0 bridgehead atoms. The first-order chi connectivity index (χ1) is 15.9.